The van der Waals surface area contributed by atoms with Gasteiger partial charge in [0.15, 0.2) is 0 Å². The van der Waals surface area contributed by atoms with Crippen LogP contribution < -0.4 is 0 Å². The van der Waals surface area contributed by atoms with E-state index in [1.54, 1.807) is 0 Å². The first kappa shape index (κ1) is 11.1. The van der Waals surface area contributed by atoms with E-state index >= 15 is 0 Å². The molecule has 1 rings (SSSR count). The zero-order valence-electron chi connectivity index (χ0n) is 8.83. The van der Waals surface area contributed by atoms with Crippen LogP contribution >= 0.6 is 12.6 Å². The summed E-state index contributed by atoms with van der Waals surface area (Å²) in [4.78, 5) is 0.988. The van der Waals surface area contributed by atoms with Gasteiger partial charge in [-0.1, -0.05) is 26.8 Å². The number of hydrogen-bond acceptors (Lipinski definition) is 2. The molecule has 0 amide bonds. The van der Waals surface area contributed by atoms with E-state index in [0.29, 0.717) is 5.92 Å². The normalized spacial score (nSPS) is 10.3. The van der Waals surface area contributed by atoms with Crippen molar-refractivity contribution in [3.63, 3.8) is 0 Å². The number of thiol groups is 1. The summed E-state index contributed by atoms with van der Waals surface area (Å²) in [5.74, 6) is 0.459. The monoisotopic (exact) mass is 205 g/mol. The summed E-state index contributed by atoms with van der Waals surface area (Å²) >= 11 is 4.50. The topological polar surface area (TPSA) is 23.8 Å². The number of hydrogen-bond donors (Lipinski definition) is 1. The lowest BCUT2D eigenvalue weighted by molar-refractivity contribution is 0.832. The molecule has 0 aliphatic carbocycles. The Balaban J connectivity index is 3.37. The van der Waals surface area contributed by atoms with Crippen molar-refractivity contribution in [3.05, 3.63) is 28.8 Å². The molecule has 1 aromatic carbocycles. The summed E-state index contributed by atoms with van der Waals surface area (Å²) in [5, 5.41) is 8.92. The van der Waals surface area contributed by atoms with Crippen LogP contribution in [0.1, 0.15) is 43.4 Å². The molecule has 0 fully saturated rings. The highest BCUT2D eigenvalue weighted by Gasteiger charge is 2.10. The van der Waals surface area contributed by atoms with Crippen LogP contribution in [-0.4, -0.2) is 0 Å². The summed E-state index contributed by atoms with van der Waals surface area (Å²) < 4.78 is 0. The maximum absolute atomic E-state index is 8.92. The number of rotatable bonds is 2. The highest BCUT2D eigenvalue weighted by atomic mass is 32.1. The average Bonchev–Trinajstić information content (AvgIpc) is 2.16. The van der Waals surface area contributed by atoms with Gasteiger partial charge in [0, 0.05) is 4.90 Å². The molecule has 0 atom stereocenters. The molecule has 0 saturated carbocycles. The Morgan fingerprint density at radius 3 is 2.50 bits per heavy atom. The van der Waals surface area contributed by atoms with Crippen molar-refractivity contribution >= 4 is 12.6 Å². The minimum Gasteiger partial charge on any atom is -0.192 e. The molecule has 74 valence electrons. The minimum atomic E-state index is 0.459. The molecule has 0 radical (unpaired) electrons. The molecule has 14 heavy (non-hydrogen) atoms. The minimum absolute atomic E-state index is 0.459. The third kappa shape index (κ3) is 1.93. The molecule has 2 heteroatoms. The SMILES string of the molecule is CCc1c(C#N)ccc(C(C)C)c1S. The zero-order valence-corrected chi connectivity index (χ0v) is 9.73. The van der Waals surface area contributed by atoms with Gasteiger partial charge in [-0.25, -0.2) is 0 Å². The second-order valence-electron chi connectivity index (χ2n) is 3.65. The second kappa shape index (κ2) is 4.52. The van der Waals surface area contributed by atoms with Crippen LogP contribution in [0.4, 0.5) is 0 Å². The molecule has 0 aromatic heterocycles. The first-order valence-electron chi connectivity index (χ1n) is 4.86. The third-order valence-corrected chi connectivity index (χ3v) is 2.94. The lowest BCUT2D eigenvalue weighted by Gasteiger charge is -2.13. The van der Waals surface area contributed by atoms with Crippen LogP contribution in [0.5, 0.6) is 0 Å². The van der Waals surface area contributed by atoms with E-state index in [1.807, 2.05) is 12.1 Å². The van der Waals surface area contributed by atoms with Crippen LogP contribution in [-0.2, 0) is 6.42 Å². The lowest BCUT2D eigenvalue weighted by atomic mass is 9.96. The fourth-order valence-corrected chi connectivity index (χ4v) is 2.19. The first-order chi connectivity index (χ1) is 6.61. The second-order valence-corrected chi connectivity index (χ2v) is 4.10. The molecule has 0 aliphatic heterocycles. The maximum atomic E-state index is 8.92. The largest absolute Gasteiger partial charge is 0.192 e. The van der Waals surface area contributed by atoms with Crippen molar-refractivity contribution in [2.24, 2.45) is 0 Å². The van der Waals surface area contributed by atoms with Crippen LogP contribution in [0.3, 0.4) is 0 Å². The van der Waals surface area contributed by atoms with Crippen LogP contribution in [0.2, 0.25) is 0 Å². The van der Waals surface area contributed by atoms with Crippen molar-refractivity contribution < 1.29 is 0 Å². The van der Waals surface area contributed by atoms with Crippen LogP contribution in [0, 0.1) is 11.3 Å². The molecular formula is C12H15NS. The lowest BCUT2D eigenvalue weighted by Crippen LogP contribution is -1.97. The van der Waals surface area contributed by atoms with E-state index in [4.69, 9.17) is 5.26 Å². The smallest absolute Gasteiger partial charge is 0.0994 e. The summed E-state index contributed by atoms with van der Waals surface area (Å²) in [5.41, 5.74) is 3.05. The van der Waals surface area contributed by atoms with Crippen molar-refractivity contribution in [1.82, 2.24) is 0 Å². The molecule has 0 aliphatic rings. The highest BCUT2D eigenvalue weighted by Crippen LogP contribution is 2.28. The number of benzene rings is 1. The molecule has 0 N–H and O–H groups in total. The quantitative estimate of drug-likeness (QED) is 0.734. The van der Waals surface area contributed by atoms with Gasteiger partial charge < -0.3 is 0 Å². The molecule has 0 bridgehead atoms. The summed E-state index contributed by atoms with van der Waals surface area (Å²) in [7, 11) is 0. The van der Waals surface area contributed by atoms with E-state index in [0.717, 1.165) is 22.4 Å². The van der Waals surface area contributed by atoms with Crippen LogP contribution in [0.25, 0.3) is 0 Å². The average molecular weight is 205 g/mol. The molecule has 0 spiro atoms. The van der Waals surface area contributed by atoms with Crippen molar-refractivity contribution in [2.75, 3.05) is 0 Å². The third-order valence-electron chi connectivity index (χ3n) is 2.41. The Kier molecular flexibility index (Phi) is 3.60. The standard InChI is InChI=1S/C12H15NS/c1-4-10-9(7-13)5-6-11(8(2)3)12(10)14/h5-6,8,14H,4H2,1-3H3. The molecule has 0 heterocycles. The molecule has 0 saturated heterocycles. The molecule has 0 unspecified atom stereocenters. The molecule has 1 aromatic rings. The van der Waals surface area contributed by atoms with Gasteiger partial charge in [-0.15, -0.1) is 12.6 Å². The Morgan fingerprint density at radius 1 is 1.43 bits per heavy atom. The van der Waals surface area contributed by atoms with E-state index in [2.05, 4.69) is 39.5 Å². The Morgan fingerprint density at radius 2 is 2.07 bits per heavy atom. The maximum Gasteiger partial charge on any atom is 0.0994 e. The van der Waals surface area contributed by atoms with Gasteiger partial charge in [0.25, 0.3) is 0 Å². The van der Waals surface area contributed by atoms with Crippen molar-refractivity contribution in [2.45, 2.75) is 38.0 Å². The van der Waals surface area contributed by atoms with Gasteiger partial charge in [-0.05, 0) is 29.5 Å². The first-order valence-corrected chi connectivity index (χ1v) is 5.31. The van der Waals surface area contributed by atoms with Gasteiger partial charge >= 0.3 is 0 Å². The molecule has 1 nitrogen and oxygen atoms in total. The van der Waals surface area contributed by atoms with E-state index in [9.17, 15) is 0 Å². The predicted molar refractivity (Wildman–Crippen MR) is 61.9 cm³/mol. The fraction of sp³-hybridized carbons (Fsp3) is 0.417. The summed E-state index contributed by atoms with van der Waals surface area (Å²) in [6.45, 7) is 6.33. The van der Waals surface area contributed by atoms with Crippen molar-refractivity contribution in [3.8, 4) is 6.07 Å². The fourth-order valence-electron chi connectivity index (χ4n) is 1.58. The predicted octanol–water partition coefficient (Wildman–Crippen LogP) is 3.53. The van der Waals surface area contributed by atoms with Gasteiger partial charge in [0.2, 0.25) is 0 Å². The highest BCUT2D eigenvalue weighted by molar-refractivity contribution is 7.80. The van der Waals surface area contributed by atoms with Crippen LogP contribution in [0.15, 0.2) is 17.0 Å². The van der Waals surface area contributed by atoms with E-state index in [1.165, 1.54) is 5.56 Å². The summed E-state index contributed by atoms with van der Waals surface area (Å²) in [6.07, 6.45) is 0.863. The Labute approximate surface area is 91.2 Å². The number of nitriles is 1. The molecular weight excluding hydrogens is 190 g/mol. The summed E-state index contributed by atoms with van der Waals surface area (Å²) in [6, 6.07) is 6.11. The van der Waals surface area contributed by atoms with Gasteiger partial charge in [-0.2, -0.15) is 5.26 Å². The Bertz CT molecular complexity index is 375. The van der Waals surface area contributed by atoms with Gasteiger partial charge in [0.05, 0.1) is 11.6 Å². The van der Waals surface area contributed by atoms with Crippen molar-refractivity contribution in [1.29, 1.82) is 5.26 Å². The van der Waals surface area contributed by atoms with E-state index in [-0.39, 0.29) is 0 Å². The van der Waals surface area contributed by atoms with E-state index < -0.39 is 0 Å². The zero-order chi connectivity index (χ0) is 10.7. The number of nitrogens with zero attached hydrogens (tertiary/aromatic N) is 1. The Hall–Kier alpha value is -0.940. The van der Waals surface area contributed by atoms with Gasteiger partial charge in [-0.3, -0.25) is 0 Å². The van der Waals surface area contributed by atoms with Gasteiger partial charge in [0.1, 0.15) is 0 Å².